The molecule has 2 N–H and O–H groups in total. The summed E-state index contributed by atoms with van der Waals surface area (Å²) in [5, 5.41) is 12.6. The van der Waals surface area contributed by atoms with Crippen molar-refractivity contribution in [2.75, 3.05) is 25.9 Å². The summed E-state index contributed by atoms with van der Waals surface area (Å²) in [4.78, 5) is 25.7. The van der Waals surface area contributed by atoms with E-state index in [9.17, 15) is 14.7 Å². The second kappa shape index (κ2) is 5.38. The molecule has 1 aliphatic heterocycles. The van der Waals surface area contributed by atoms with E-state index in [1.165, 1.54) is 6.42 Å². The molecule has 2 atom stereocenters. The topological polar surface area (TPSA) is 69.6 Å². The van der Waals surface area contributed by atoms with Crippen molar-refractivity contribution in [3.63, 3.8) is 0 Å². The van der Waals surface area contributed by atoms with Gasteiger partial charge in [0, 0.05) is 24.4 Å². The summed E-state index contributed by atoms with van der Waals surface area (Å²) in [5.74, 6) is -0.584. The molecule has 2 aliphatic carbocycles. The number of carbonyl (C=O) groups excluding carboxylic acids is 1. The fourth-order valence-electron chi connectivity index (χ4n) is 4.17. The fourth-order valence-corrected chi connectivity index (χ4v) is 5.08. The summed E-state index contributed by atoms with van der Waals surface area (Å²) in [5.41, 5.74) is -0.676. The van der Waals surface area contributed by atoms with Gasteiger partial charge < -0.3 is 15.3 Å². The number of likely N-dealkylation sites (tertiary alicyclic amines) is 1. The minimum Gasteiger partial charge on any atom is -0.481 e. The summed E-state index contributed by atoms with van der Waals surface area (Å²) in [6, 6.07) is -0.0784. The molecular formula is C15H24N2O3S. The van der Waals surface area contributed by atoms with Gasteiger partial charge in [-0.3, -0.25) is 4.79 Å². The third kappa shape index (κ3) is 2.41. The Hall–Kier alpha value is -0.910. The van der Waals surface area contributed by atoms with Crippen LogP contribution in [0.25, 0.3) is 0 Å². The average Bonchev–Trinajstić information content (AvgIpc) is 2.95. The Morgan fingerprint density at radius 3 is 2.62 bits per heavy atom. The molecule has 118 valence electrons. The Morgan fingerprint density at radius 2 is 2.10 bits per heavy atom. The number of fused-ring (bicyclic) bond motifs is 1. The Labute approximate surface area is 129 Å². The number of nitrogens with zero attached hydrogens (tertiary/aromatic N) is 1. The van der Waals surface area contributed by atoms with Crippen molar-refractivity contribution in [2.24, 2.45) is 11.3 Å². The molecule has 0 unspecified atom stereocenters. The van der Waals surface area contributed by atoms with Gasteiger partial charge >= 0.3 is 12.0 Å². The number of nitrogens with one attached hydrogen (secondary N) is 1. The highest BCUT2D eigenvalue weighted by atomic mass is 32.2. The molecule has 0 aromatic heterocycles. The van der Waals surface area contributed by atoms with E-state index in [-0.39, 0.29) is 16.7 Å². The third-order valence-corrected chi connectivity index (χ3v) is 7.26. The van der Waals surface area contributed by atoms with Crippen LogP contribution in [0, 0.1) is 11.3 Å². The number of rotatable bonds is 4. The molecule has 0 bridgehead atoms. The zero-order valence-corrected chi connectivity index (χ0v) is 13.4. The van der Waals surface area contributed by atoms with E-state index in [0.717, 1.165) is 25.7 Å². The summed E-state index contributed by atoms with van der Waals surface area (Å²) >= 11 is 1.84. The van der Waals surface area contributed by atoms with E-state index in [1.807, 2.05) is 11.8 Å². The van der Waals surface area contributed by atoms with Crippen LogP contribution in [0.2, 0.25) is 0 Å². The normalized spacial score (nSPS) is 33.4. The van der Waals surface area contributed by atoms with E-state index < -0.39 is 11.4 Å². The summed E-state index contributed by atoms with van der Waals surface area (Å²) in [6.07, 6.45) is 8.29. The maximum absolute atomic E-state index is 12.4. The Morgan fingerprint density at radius 1 is 1.33 bits per heavy atom. The number of thioether (sulfide) groups is 1. The fraction of sp³-hybridized carbons (Fsp3) is 0.867. The molecule has 2 saturated carbocycles. The zero-order chi connectivity index (χ0) is 15.1. The molecule has 0 radical (unpaired) electrons. The quantitative estimate of drug-likeness (QED) is 0.835. The number of carboxylic acids is 1. The third-order valence-electron chi connectivity index (χ3n) is 5.84. The second-order valence-corrected chi connectivity index (χ2v) is 8.10. The molecule has 1 saturated heterocycles. The molecule has 2 amide bonds. The number of aliphatic carboxylic acids is 1. The first kappa shape index (κ1) is 15.0. The molecule has 0 aromatic rings. The molecule has 21 heavy (non-hydrogen) atoms. The second-order valence-electron chi connectivity index (χ2n) is 6.83. The van der Waals surface area contributed by atoms with Crippen LogP contribution in [0.15, 0.2) is 0 Å². The van der Waals surface area contributed by atoms with Crippen LogP contribution >= 0.6 is 11.8 Å². The molecule has 3 aliphatic rings. The maximum Gasteiger partial charge on any atom is 0.317 e. The van der Waals surface area contributed by atoms with Crippen molar-refractivity contribution in [1.82, 2.24) is 10.2 Å². The lowest BCUT2D eigenvalue weighted by Crippen LogP contribution is -2.49. The summed E-state index contributed by atoms with van der Waals surface area (Å²) in [7, 11) is 0. The smallest absolute Gasteiger partial charge is 0.317 e. The van der Waals surface area contributed by atoms with Gasteiger partial charge in [-0.25, -0.2) is 4.79 Å². The van der Waals surface area contributed by atoms with Crippen LogP contribution in [0.5, 0.6) is 0 Å². The van der Waals surface area contributed by atoms with E-state index in [4.69, 9.17) is 0 Å². The SMILES string of the molecule is CSC1(CNC(=O)N2C[C@@H]3CCC[C@@]3(C(=O)O)C2)CCC1. The van der Waals surface area contributed by atoms with Gasteiger partial charge in [0.25, 0.3) is 0 Å². The van der Waals surface area contributed by atoms with Gasteiger partial charge in [0.1, 0.15) is 0 Å². The number of hydrogen-bond donors (Lipinski definition) is 2. The highest BCUT2D eigenvalue weighted by molar-refractivity contribution is 8.00. The zero-order valence-electron chi connectivity index (χ0n) is 12.6. The van der Waals surface area contributed by atoms with E-state index in [1.54, 1.807) is 4.90 Å². The van der Waals surface area contributed by atoms with Crippen molar-refractivity contribution in [3.05, 3.63) is 0 Å². The lowest BCUT2D eigenvalue weighted by Gasteiger charge is -2.40. The highest BCUT2D eigenvalue weighted by Crippen LogP contribution is 2.49. The number of carbonyl (C=O) groups is 2. The minimum absolute atomic E-state index is 0.0784. The highest BCUT2D eigenvalue weighted by Gasteiger charge is 2.55. The van der Waals surface area contributed by atoms with Gasteiger partial charge in [-0.15, -0.1) is 0 Å². The average molecular weight is 312 g/mol. The van der Waals surface area contributed by atoms with Gasteiger partial charge in [0.2, 0.25) is 0 Å². The first-order valence-electron chi connectivity index (χ1n) is 7.83. The monoisotopic (exact) mass is 312 g/mol. The Kier molecular flexibility index (Phi) is 3.84. The molecule has 0 spiro atoms. The first-order valence-corrected chi connectivity index (χ1v) is 9.05. The van der Waals surface area contributed by atoms with Gasteiger partial charge in [-0.2, -0.15) is 11.8 Å². The number of amides is 2. The van der Waals surface area contributed by atoms with E-state index in [0.29, 0.717) is 26.1 Å². The Bertz CT molecular complexity index is 447. The van der Waals surface area contributed by atoms with Crippen LogP contribution in [0.3, 0.4) is 0 Å². The molecule has 1 heterocycles. The molecule has 3 fully saturated rings. The van der Waals surface area contributed by atoms with Crippen LogP contribution < -0.4 is 5.32 Å². The van der Waals surface area contributed by atoms with Crippen LogP contribution in [0.1, 0.15) is 38.5 Å². The van der Waals surface area contributed by atoms with Crippen LogP contribution in [-0.4, -0.2) is 52.6 Å². The van der Waals surface area contributed by atoms with Crippen molar-refractivity contribution >= 4 is 23.8 Å². The van der Waals surface area contributed by atoms with Gasteiger partial charge in [0.15, 0.2) is 0 Å². The predicted molar refractivity (Wildman–Crippen MR) is 82.5 cm³/mol. The van der Waals surface area contributed by atoms with Gasteiger partial charge in [-0.1, -0.05) is 12.8 Å². The van der Waals surface area contributed by atoms with Crippen molar-refractivity contribution < 1.29 is 14.7 Å². The van der Waals surface area contributed by atoms with Crippen molar-refractivity contribution in [1.29, 1.82) is 0 Å². The number of urea groups is 1. The molecular weight excluding hydrogens is 288 g/mol. The molecule has 5 nitrogen and oxygen atoms in total. The van der Waals surface area contributed by atoms with Crippen LogP contribution in [0.4, 0.5) is 4.79 Å². The van der Waals surface area contributed by atoms with Crippen molar-refractivity contribution in [2.45, 2.75) is 43.3 Å². The first-order chi connectivity index (χ1) is 10.0. The Balaban J connectivity index is 1.58. The number of carboxylic acid groups (broad SMARTS) is 1. The van der Waals surface area contributed by atoms with E-state index >= 15 is 0 Å². The van der Waals surface area contributed by atoms with Crippen molar-refractivity contribution in [3.8, 4) is 0 Å². The van der Waals surface area contributed by atoms with Gasteiger partial charge in [0.05, 0.1) is 5.41 Å². The minimum atomic E-state index is -0.722. The summed E-state index contributed by atoms with van der Waals surface area (Å²) < 4.78 is 0.218. The van der Waals surface area contributed by atoms with Crippen LogP contribution in [-0.2, 0) is 4.79 Å². The summed E-state index contributed by atoms with van der Waals surface area (Å²) in [6.45, 7) is 1.68. The molecule has 0 aromatic carbocycles. The predicted octanol–water partition coefficient (Wildman–Crippen LogP) is 2.17. The van der Waals surface area contributed by atoms with E-state index in [2.05, 4.69) is 11.6 Å². The lowest BCUT2D eigenvalue weighted by molar-refractivity contribution is -0.149. The molecule has 3 rings (SSSR count). The standard InChI is InChI=1S/C15H24N2O3S/c1-21-14(5-3-6-14)9-16-13(20)17-8-11-4-2-7-15(11,10-17)12(18)19/h11H,2-10H2,1H3,(H,16,20)(H,18,19)/t11-,15+/m0/s1. The van der Waals surface area contributed by atoms with Gasteiger partial charge in [-0.05, 0) is 37.9 Å². The number of hydrogen-bond acceptors (Lipinski definition) is 3. The largest absolute Gasteiger partial charge is 0.481 e. The molecule has 6 heteroatoms. The maximum atomic E-state index is 12.4. The lowest BCUT2D eigenvalue weighted by atomic mass is 9.81.